The van der Waals surface area contributed by atoms with E-state index in [1.54, 1.807) is 12.1 Å². The predicted octanol–water partition coefficient (Wildman–Crippen LogP) is 4.03. The molecule has 0 spiro atoms. The van der Waals surface area contributed by atoms with Gasteiger partial charge >= 0.3 is 0 Å². The summed E-state index contributed by atoms with van der Waals surface area (Å²) in [5.74, 6) is 0.767. The minimum Gasteiger partial charge on any atom is -0.489 e. The zero-order valence-electron chi connectivity index (χ0n) is 9.70. The van der Waals surface area contributed by atoms with Gasteiger partial charge in [-0.3, -0.25) is 0 Å². The van der Waals surface area contributed by atoms with Crippen LogP contribution in [0.2, 0.25) is 10.0 Å². The molecule has 0 amide bonds. The molecular formula is C14H13Cl2NO. The molecule has 0 radical (unpaired) electrons. The van der Waals surface area contributed by atoms with Crippen LogP contribution in [0.15, 0.2) is 42.5 Å². The first-order valence-corrected chi connectivity index (χ1v) is 6.31. The molecule has 2 N–H and O–H groups in total. The van der Waals surface area contributed by atoms with Crippen molar-refractivity contribution in [2.45, 2.75) is 13.2 Å². The first kappa shape index (κ1) is 13.2. The number of halogens is 2. The van der Waals surface area contributed by atoms with Gasteiger partial charge in [0.25, 0.3) is 0 Å². The molecule has 94 valence electrons. The van der Waals surface area contributed by atoms with Crippen molar-refractivity contribution in [3.8, 4) is 5.75 Å². The van der Waals surface area contributed by atoms with E-state index in [4.69, 9.17) is 33.7 Å². The molecule has 0 aliphatic heterocycles. The maximum absolute atomic E-state index is 6.06. The summed E-state index contributed by atoms with van der Waals surface area (Å²) < 4.78 is 5.64. The molecular weight excluding hydrogens is 269 g/mol. The van der Waals surface area contributed by atoms with Gasteiger partial charge in [-0.15, -0.1) is 0 Å². The molecule has 0 saturated carbocycles. The number of rotatable bonds is 4. The summed E-state index contributed by atoms with van der Waals surface area (Å²) in [6.45, 7) is 0.872. The molecule has 2 rings (SSSR count). The third kappa shape index (κ3) is 3.16. The van der Waals surface area contributed by atoms with Gasteiger partial charge in [0.2, 0.25) is 0 Å². The lowest BCUT2D eigenvalue weighted by atomic mass is 10.2. The number of nitrogens with two attached hydrogens (primary N) is 1. The van der Waals surface area contributed by atoms with Crippen molar-refractivity contribution >= 4 is 23.2 Å². The monoisotopic (exact) mass is 281 g/mol. The summed E-state index contributed by atoms with van der Waals surface area (Å²) in [6.07, 6.45) is 0. The molecule has 2 nitrogen and oxygen atoms in total. The third-order valence-corrected chi connectivity index (χ3v) is 3.31. The van der Waals surface area contributed by atoms with Crippen LogP contribution in [0.3, 0.4) is 0 Å². The molecule has 18 heavy (non-hydrogen) atoms. The maximum atomic E-state index is 6.06. The molecule has 0 aliphatic rings. The van der Waals surface area contributed by atoms with E-state index < -0.39 is 0 Å². The molecule has 0 saturated heterocycles. The van der Waals surface area contributed by atoms with E-state index in [0.29, 0.717) is 23.2 Å². The lowest BCUT2D eigenvalue weighted by molar-refractivity contribution is 0.306. The summed E-state index contributed by atoms with van der Waals surface area (Å²) >= 11 is 12.1. The summed E-state index contributed by atoms with van der Waals surface area (Å²) in [5.41, 5.74) is 7.39. The first-order chi connectivity index (χ1) is 8.70. The van der Waals surface area contributed by atoms with Crippen LogP contribution in [0, 0.1) is 0 Å². The summed E-state index contributed by atoms with van der Waals surface area (Å²) in [7, 11) is 0. The van der Waals surface area contributed by atoms with Crippen molar-refractivity contribution < 1.29 is 4.74 Å². The summed E-state index contributed by atoms with van der Waals surface area (Å²) in [5, 5.41) is 1.22. The normalized spacial score (nSPS) is 10.4. The Morgan fingerprint density at radius 1 is 0.944 bits per heavy atom. The molecule has 0 atom stereocenters. The van der Waals surface area contributed by atoms with E-state index in [1.165, 1.54) is 0 Å². The summed E-state index contributed by atoms with van der Waals surface area (Å²) in [4.78, 5) is 0. The standard InChI is InChI=1S/C14H13Cl2NO/c15-13-2-1-3-14(16)12(13)9-18-11-6-4-10(8-17)5-7-11/h1-7H,8-9,17H2. The highest BCUT2D eigenvalue weighted by molar-refractivity contribution is 6.35. The van der Waals surface area contributed by atoms with Gasteiger partial charge in [-0.05, 0) is 29.8 Å². The zero-order chi connectivity index (χ0) is 13.0. The Kier molecular flexibility index (Phi) is 4.48. The van der Waals surface area contributed by atoms with E-state index >= 15 is 0 Å². The quantitative estimate of drug-likeness (QED) is 0.918. The van der Waals surface area contributed by atoms with Crippen LogP contribution in [0.1, 0.15) is 11.1 Å². The van der Waals surface area contributed by atoms with E-state index in [0.717, 1.165) is 16.9 Å². The van der Waals surface area contributed by atoms with Gasteiger partial charge in [0.05, 0.1) is 0 Å². The van der Waals surface area contributed by atoms with Crippen LogP contribution < -0.4 is 10.5 Å². The SMILES string of the molecule is NCc1ccc(OCc2c(Cl)cccc2Cl)cc1. The second-order valence-corrected chi connectivity index (χ2v) is 4.65. The van der Waals surface area contributed by atoms with Crippen LogP contribution in [0.25, 0.3) is 0 Å². The average molecular weight is 282 g/mol. The lowest BCUT2D eigenvalue weighted by Gasteiger charge is -2.09. The lowest BCUT2D eigenvalue weighted by Crippen LogP contribution is -1.99. The minimum atomic E-state index is 0.348. The van der Waals surface area contributed by atoms with Crippen LogP contribution in [-0.4, -0.2) is 0 Å². The fourth-order valence-corrected chi connectivity index (χ4v) is 2.05. The van der Waals surface area contributed by atoms with E-state index in [-0.39, 0.29) is 0 Å². The van der Waals surface area contributed by atoms with Crippen LogP contribution in [0.5, 0.6) is 5.75 Å². The molecule has 0 bridgehead atoms. The molecule has 0 aromatic heterocycles. The van der Waals surface area contributed by atoms with Gasteiger partial charge in [0.1, 0.15) is 12.4 Å². The van der Waals surface area contributed by atoms with E-state index in [9.17, 15) is 0 Å². The number of hydrogen-bond donors (Lipinski definition) is 1. The molecule has 0 aliphatic carbocycles. The van der Waals surface area contributed by atoms with Gasteiger partial charge in [0.15, 0.2) is 0 Å². The Morgan fingerprint density at radius 3 is 2.11 bits per heavy atom. The predicted molar refractivity (Wildman–Crippen MR) is 75.1 cm³/mol. The maximum Gasteiger partial charge on any atom is 0.119 e. The van der Waals surface area contributed by atoms with Crippen LogP contribution in [-0.2, 0) is 13.2 Å². The second-order valence-electron chi connectivity index (χ2n) is 3.84. The summed E-state index contributed by atoms with van der Waals surface area (Å²) in [6, 6.07) is 13.0. The Bertz CT molecular complexity index is 506. The van der Waals surface area contributed by atoms with Crippen molar-refractivity contribution in [1.29, 1.82) is 0 Å². The van der Waals surface area contributed by atoms with Gasteiger partial charge in [-0.1, -0.05) is 41.4 Å². The molecule has 0 heterocycles. The Balaban J connectivity index is 2.06. The number of ether oxygens (including phenoxy) is 1. The molecule has 0 unspecified atom stereocenters. The fraction of sp³-hybridized carbons (Fsp3) is 0.143. The van der Waals surface area contributed by atoms with Crippen molar-refractivity contribution in [3.05, 3.63) is 63.6 Å². The van der Waals surface area contributed by atoms with Gasteiger partial charge in [-0.2, -0.15) is 0 Å². The second kappa shape index (κ2) is 6.10. The molecule has 0 fully saturated rings. The van der Waals surface area contributed by atoms with Crippen molar-refractivity contribution in [3.63, 3.8) is 0 Å². The highest BCUT2D eigenvalue weighted by atomic mass is 35.5. The van der Waals surface area contributed by atoms with Crippen molar-refractivity contribution in [1.82, 2.24) is 0 Å². The smallest absolute Gasteiger partial charge is 0.119 e. The number of hydrogen-bond acceptors (Lipinski definition) is 2. The highest BCUT2D eigenvalue weighted by Crippen LogP contribution is 2.25. The van der Waals surface area contributed by atoms with Gasteiger partial charge < -0.3 is 10.5 Å². The average Bonchev–Trinajstić information content (AvgIpc) is 2.39. The first-order valence-electron chi connectivity index (χ1n) is 5.55. The molecule has 2 aromatic rings. The number of benzene rings is 2. The van der Waals surface area contributed by atoms with Crippen molar-refractivity contribution in [2.24, 2.45) is 5.73 Å². The third-order valence-electron chi connectivity index (χ3n) is 2.60. The molecule has 2 aromatic carbocycles. The Hall–Kier alpha value is -1.22. The van der Waals surface area contributed by atoms with Crippen LogP contribution >= 0.6 is 23.2 Å². The van der Waals surface area contributed by atoms with Crippen molar-refractivity contribution in [2.75, 3.05) is 0 Å². The molecule has 4 heteroatoms. The largest absolute Gasteiger partial charge is 0.489 e. The van der Waals surface area contributed by atoms with Gasteiger partial charge in [0, 0.05) is 22.2 Å². The topological polar surface area (TPSA) is 35.2 Å². The highest BCUT2D eigenvalue weighted by Gasteiger charge is 2.06. The minimum absolute atomic E-state index is 0.348. The van der Waals surface area contributed by atoms with Crippen LogP contribution in [0.4, 0.5) is 0 Å². The zero-order valence-corrected chi connectivity index (χ0v) is 11.2. The Morgan fingerprint density at radius 2 is 1.56 bits per heavy atom. The van der Waals surface area contributed by atoms with E-state index in [2.05, 4.69) is 0 Å². The fourth-order valence-electron chi connectivity index (χ4n) is 1.55. The Labute approximate surface area is 116 Å². The van der Waals surface area contributed by atoms with E-state index in [1.807, 2.05) is 30.3 Å². The van der Waals surface area contributed by atoms with Gasteiger partial charge in [-0.25, -0.2) is 0 Å².